The molecular formula is C15H32N2O2S. The lowest BCUT2D eigenvalue weighted by Gasteiger charge is -2.41. The van der Waals surface area contributed by atoms with Crippen LogP contribution >= 0.6 is 0 Å². The van der Waals surface area contributed by atoms with Crippen LogP contribution in [-0.2, 0) is 9.84 Å². The van der Waals surface area contributed by atoms with Crippen LogP contribution in [-0.4, -0.2) is 57.5 Å². The summed E-state index contributed by atoms with van der Waals surface area (Å²) >= 11 is 0. The van der Waals surface area contributed by atoms with Crippen LogP contribution in [0.1, 0.15) is 46.0 Å². The maximum atomic E-state index is 11.4. The van der Waals surface area contributed by atoms with E-state index in [-0.39, 0.29) is 5.75 Å². The molecule has 0 aromatic rings. The van der Waals surface area contributed by atoms with Gasteiger partial charge in [-0.1, -0.05) is 20.3 Å². The molecule has 1 saturated carbocycles. The Bertz CT molecular complexity index is 370. The van der Waals surface area contributed by atoms with Gasteiger partial charge in [0.05, 0.1) is 5.75 Å². The van der Waals surface area contributed by atoms with Gasteiger partial charge >= 0.3 is 0 Å². The van der Waals surface area contributed by atoms with Crippen molar-refractivity contribution in [1.82, 2.24) is 10.2 Å². The quantitative estimate of drug-likeness (QED) is 0.744. The smallest absolute Gasteiger partial charge is 0.148 e. The topological polar surface area (TPSA) is 49.4 Å². The molecule has 0 radical (unpaired) electrons. The number of likely N-dealkylation sites (N-methyl/N-ethyl adjacent to an activating group) is 1. The zero-order valence-electron chi connectivity index (χ0n) is 13.6. The minimum atomic E-state index is -2.87. The van der Waals surface area contributed by atoms with Crippen molar-refractivity contribution in [3.63, 3.8) is 0 Å². The van der Waals surface area contributed by atoms with Crippen molar-refractivity contribution in [3.8, 4) is 0 Å². The third kappa shape index (κ3) is 6.10. The zero-order chi connectivity index (χ0) is 15.2. The van der Waals surface area contributed by atoms with Crippen molar-refractivity contribution < 1.29 is 8.42 Å². The second-order valence-corrected chi connectivity index (χ2v) is 8.59. The number of hydrogen-bond donors (Lipinski definition) is 1. The Morgan fingerprint density at radius 2 is 1.95 bits per heavy atom. The molecule has 120 valence electrons. The van der Waals surface area contributed by atoms with E-state index in [1.807, 2.05) is 0 Å². The van der Waals surface area contributed by atoms with Crippen LogP contribution in [0.25, 0.3) is 0 Å². The molecule has 1 N–H and O–H groups in total. The molecule has 0 aliphatic heterocycles. The van der Waals surface area contributed by atoms with Crippen molar-refractivity contribution >= 4 is 9.84 Å². The number of sulfone groups is 1. The van der Waals surface area contributed by atoms with E-state index in [0.29, 0.717) is 18.6 Å². The number of nitrogens with one attached hydrogen (secondary N) is 1. The Morgan fingerprint density at radius 3 is 2.50 bits per heavy atom. The van der Waals surface area contributed by atoms with Gasteiger partial charge in [-0.25, -0.2) is 8.42 Å². The van der Waals surface area contributed by atoms with Gasteiger partial charge in [0, 0.05) is 24.9 Å². The first kappa shape index (κ1) is 17.9. The van der Waals surface area contributed by atoms with Crippen molar-refractivity contribution in [2.75, 3.05) is 32.1 Å². The van der Waals surface area contributed by atoms with Gasteiger partial charge in [-0.05, 0) is 45.2 Å². The van der Waals surface area contributed by atoms with Gasteiger partial charge < -0.3 is 10.2 Å². The summed E-state index contributed by atoms with van der Waals surface area (Å²) in [5.74, 6) is 1.05. The molecule has 0 spiro atoms. The number of hydrogen-bond acceptors (Lipinski definition) is 4. The van der Waals surface area contributed by atoms with Crippen LogP contribution in [0.4, 0.5) is 0 Å². The van der Waals surface area contributed by atoms with Gasteiger partial charge in [0.25, 0.3) is 0 Å². The lowest BCUT2D eigenvalue weighted by molar-refractivity contribution is 0.123. The SMILES string of the molecule is CCCNC1CCC(CC)CC1N(C)CCS(C)(=O)=O. The summed E-state index contributed by atoms with van der Waals surface area (Å²) in [4.78, 5) is 2.26. The summed E-state index contributed by atoms with van der Waals surface area (Å²) in [6, 6.07) is 0.990. The first-order chi connectivity index (χ1) is 9.37. The van der Waals surface area contributed by atoms with Gasteiger partial charge in [-0.15, -0.1) is 0 Å². The van der Waals surface area contributed by atoms with Crippen LogP contribution in [0.5, 0.6) is 0 Å². The molecule has 0 amide bonds. The molecule has 0 heterocycles. The van der Waals surface area contributed by atoms with Gasteiger partial charge in [-0.3, -0.25) is 0 Å². The van der Waals surface area contributed by atoms with Crippen LogP contribution in [0.3, 0.4) is 0 Å². The predicted octanol–water partition coefficient (Wildman–Crippen LogP) is 1.91. The van der Waals surface area contributed by atoms with Crippen LogP contribution < -0.4 is 5.32 Å². The van der Waals surface area contributed by atoms with Crippen molar-refractivity contribution in [1.29, 1.82) is 0 Å². The second kappa shape index (κ2) is 8.35. The fourth-order valence-electron chi connectivity index (χ4n) is 3.13. The minimum Gasteiger partial charge on any atom is -0.312 e. The zero-order valence-corrected chi connectivity index (χ0v) is 14.4. The number of nitrogens with zero attached hydrogens (tertiary/aromatic N) is 1. The maximum Gasteiger partial charge on any atom is 0.148 e. The molecule has 1 aliphatic carbocycles. The van der Waals surface area contributed by atoms with E-state index in [0.717, 1.165) is 18.9 Å². The van der Waals surface area contributed by atoms with E-state index in [9.17, 15) is 8.42 Å². The first-order valence-corrected chi connectivity index (χ1v) is 10.0. The summed E-state index contributed by atoms with van der Waals surface area (Å²) < 4.78 is 22.7. The standard InChI is InChI=1S/C15H32N2O2S/c1-5-9-16-14-8-7-13(6-2)12-15(14)17(3)10-11-20(4,18)19/h13-16H,5-12H2,1-4H3. The molecule has 1 aliphatic rings. The third-order valence-electron chi connectivity index (χ3n) is 4.54. The fourth-order valence-corrected chi connectivity index (χ4v) is 3.75. The molecule has 5 heteroatoms. The second-order valence-electron chi connectivity index (χ2n) is 6.33. The molecular weight excluding hydrogens is 272 g/mol. The molecule has 0 aromatic heterocycles. The molecule has 3 atom stereocenters. The van der Waals surface area contributed by atoms with Crippen LogP contribution in [0, 0.1) is 5.92 Å². The highest BCUT2D eigenvalue weighted by atomic mass is 32.2. The highest BCUT2D eigenvalue weighted by Gasteiger charge is 2.32. The summed E-state index contributed by atoms with van der Waals surface area (Å²) in [5, 5.41) is 3.65. The van der Waals surface area contributed by atoms with Crippen LogP contribution in [0.15, 0.2) is 0 Å². The highest BCUT2D eigenvalue weighted by Crippen LogP contribution is 2.29. The van der Waals surface area contributed by atoms with Crippen LogP contribution in [0.2, 0.25) is 0 Å². The Kier molecular flexibility index (Phi) is 7.48. The summed E-state index contributed by atoms with van der Waals surface area (Å²) in [5.41, 5.74) is 0. The monoisotopic (exact) mass is 304 g/mol. The highest BCUT2D eigenvalue weighted by molar-refractivity contribution is 7.90. The minimum absolute atomic E-state index is 0.261. The number of rotatable bonds is 8. The van der Waals surface area contributed by atoms with E-state index in [1.54, 1.807) is 0 Å². The third-order valence-corrected chi connectivity index (χ3v) is 5.46. The maximum absolute atomic E-state index is 11.4. The normalized spacial score (nSPS) is 27.9. The summed E-state index contributed by atoms with van der Waals surface area (Å²) in [7, 11) is -0.796. The van der Waals surface area contributed by atoms with E-state index in [4.69, 9.17) is 0 Å². The van der Waals surface area contributed by atoms with E-state index in [1.165, 1.54) is 31.9 Å². The molecule has 0 bridgehead atoms. The Balaban J connectivity index is 2.61. The summed E-state index contributed by atoms with van der Waals surface area (Å²) in [6.07, 6.45) is 7.41. The average Bonchev–Trinajstić information content (AvgIpc) is 2.41. The molecule has 0 saturated heterocycles. The fraction of sp³-hybridized carbons (Fsp3) is 1.00. The van der Waals surface area contributed by atoms with Gasteiger partial charge in [-0.2, -0.15) is 0 Å². The lowest BCUT2D eigenvalue weighted by atomic mass is 9.80. The predicted molar refractivity (Wildman–Crippen MR) is 85.8 cm³/mol. The van der Waals surface area contributed by atoms with E-state index < -0.39 is 9.84 Å². The van der Waals surface area contributed by atoms with Crippen molar-refractivity contribution in [2.24, 2.45) is 5.92 Å². The van der Waals surface area contributed by atoms with Crippen molar-refractivity contribution in [3.05, 3.63) is 0 Å². The Morgan fingerprint density at radius 1 is 1.25 bits per heavy atom. The van der Waals surface area contributed by atoms with Gasteiger partial charge in [0.15, 0.2) is 0 Å². The Labute approximate surface area is 125 Å². The van der Waals surface area contributed by atoms with E-state index >= 15 is 0 Å². The first-order valence-electron chi connectivity index (χ1n) is 7.98. The average molecular weight is 304 g/mol. The Hall–Kier alpha value is -0.130. The molecule has 20 heavy (non-hydrogen) atoms. The molecule has 0 aromatic carbocycles. The largest absolute Gasteiger partial charge is 0.312 e. The molecule has 4 nitrogen and oxygen atoms in total. The summed E-state index contributed by atoms with van der Waals surface area (Å²) in [6.45, 7) is 6.15. The lowest BCUT2D eigenvalue weighted by Crippen LogP contribution is -2.53. The van der Waals surface area contributed by atoms with Crippen molar-refractivity contribution in [2.45, 2.75) is 58.0 Å². The van der Waals surface area contributed by atoms with Gasteiger partial charge in [0.2, 0.25) is 0 Å². The molecule has 1 fully saturated rings. The van der Waals surface area contributed by atoms with Gasteiger partial charge in [0.1, 0.15) is 9.84 Å². The molecule has 3 unspecified atom stereocenters. The van der Waals surface area contributed by atoms with E-state index in [2.05, 4.69) is 31.1 Å². The molecule has 1 rings (SSSR count).